The van der Waals surface area contributed by atoms with Gasteiger partial charge in [-0.25, -0.2) is 9.78 Å². The fourth-order valence-electron chi connectivity index (χ4n) is 3.65. The molecule has 0 radical (unpaired) electrons. The van der Waals surface area contributed by atoms with E-state index in [2.05, 4.69) is 0 Å². The first kappa shape index (κ1) is 22.2. The van der Waals surface area contributed by atoms with Gasteiger partial charge in [0.05, 0.1) is 23.9 Å². The molecule has 1 heterocycles. The van der Waals surface area contributed by atoms with E-state index in [9.17, 15) is 9.59 Å². The number of fused-ring (bicyclic) bond motifs is 1. The number of rotatable bonds is 6. The maximum absolute atomic E-state index is 13.2. The van der Waals surface area contributed by atoms with Crippen LogP contribution in [0.2, 0.25) is 0 Å². The number of carbonyl (C=O) groups is 2. The number of pyridine rings is 1. The Kier molecular flexibility index (Phi) is 6.22. The molecule has 0 saturated heterocycles. The molecular formula is C28H25NO4. The molecule has 5 heteroatoms. The molecule has 0 aliphatic carbocycles. The number of nitrogens with zero attached hydrogens (tertiary/aromatic N) is 1. The summed E-state index contributed by atoms with van der Waals surface area (Å²) < 4.78 is 10.9. The number of Topliss-reactive ketones (excluding diaryl/α,β-unsaturated/α-hetero) is 1. The van der Waals surface area contributed by atoms with Crippen molar-refractivity contribution in [1.29, 1.82) is 0 Å². The quantitative estimate of drug-likeness (QED) is 0.274. The second-order valence-corrected chi connectivity index (χ2v) is 8.08. The third kappa shape index (κ3) is 4.77. The molecule has 0 bridgehead atoms. The van der Waals surface area contributed by atoms with E-state index in [1.54, 1.807) is 32.2 Å². The molecule has 0 fully saturated rings. The molecule has 33 heavy (non-hydrogen) atoms. The molecule has 166 valence electrons. The van der Waals surface area contributed by atoms with Crippen molar-refractivity contribution in [3.63, 3.8) is 0 Å². The summed E-state index contributed by atoms with van der Waals surface area (Å²) in [7, 11) is 1.61. The number of ether oxygens (including phenoxy) is 2. The minimum atomic E-state index is -0.919. The van der Waals surface area contributed by atoms with Gasteiger partial charge in [-0.05, 0) is 63.2 Å². The molecule has 0 amide bonds. The van der Waals surface area contributed by atoms with E-state index in [1.807, 2.05) is 68.4 Å². The zero-order valence-electron chi connectivity index (χ0n) is 19.1. The maximum atomic E-state index is 13.2. The third-order valence-electron chi connectivity index (χ3n) is 5.56. The van der Waals surface area contributed by atoms with Crippen LogP contribution in [0.5, 0.6) is 5.75 Å². The Labute approximate surface area is 193 Å². The van der Waals surface area contributed by atoms with Gasteiger partial charge in [-0.2, -0.15) is 0 Å². The highest BCUT2D eigenvalue weighted by Gasteiger charge is 2.23. The SMILES string of the molecule is COc1ccc(-c2cc(C(=O)O[C@@H](C)C(=O)c3ccc(C)cc3)c3cc(C)ccc3n2)cc1. The summed E-state index contributed by atoms with van der Waals surface area (Å²) in [5.41, 5.74) is 5.10. The number of carbonyl (C=O) groups excluding carboxylic acids is 2. The van der Waals surface area contributed by atoms with Gasteiger partial charge >= 0.3 is 5.97 Å². The first-order chi connectivity index (χ1) is 15.9. The Morgan fingerprint density at radius 1 is 0.848 bits per heavy atom. The summed E-state index contributed by atoms with van der Waals surface area (Å²) in [5.74, 6) is -0.0674. The Bertz CT molecular complexity index is 1320. The number of methoxy groups -OCH3 is 1. The highest BCUT2D eigenvalue weighted by Crippen LogP contribution is 2.28. The highest BCUT2D eigenvalue weighted by molar-refractivity contribution is 6.07. The molecule has 0 spiro atoms. The van der Waals surface area contributed by atoms with Crippen molar-refractivity contribution in [2.75, 3.05) is 7.11 Å². The monoisotopic (exact) mass is 439 g/mol. The molecule has 4 rings (SSSR count). The van der Waals surface area contributed by atoms with Crippen molar-refractivity contribution in [3.8, 4) is 17.0 Å². The standard InChI is InChI=1S/C28H25NO4/c1-17-5-8-21(9-6-17)27(30)19(3)33-28(31)24-16-26(20-10-12-22(32-4)13-11-20)29-25-14-7-18(2)15-23(24)25/h5-16,19H,1-4H3/t19-/m0/s1. The van der Waals surface area contributed by atoms with Crippen LogP contribution in [0.4, 0.5) is 0 Å². The predicted octanol–water partition coefficient (Wildman–Crippen LogP) is 5.96. The lowest BCUT2D eigenvalue weighted by Gasteiger charge is -2.15. The van der Waals surface area contributed by atoms with E-state index in [4.69, 9.17) is 14.5 Å². The van der Waals surface area contributed by atoms with Gasteiger partial charge in [0, 0.05) is 16.5 Å². The molecule has 0 aliphatic rings. The first-order valence-electron chi connectivity index (χ1n) is 10.7. The van der Waals surface area contributed by atoms with Gasteiger partial charge in [0.2, 0.25) is 5.78 Å². The van der Waals surface area contributed by atoms with Crippen molar-refractivity contribution >= 4 is 22.7 Å². The van der Waals surface area contributed by atoms with Crippen LogP contribution in [0.25, 0.3) is 22.2 Å². The summed E-state index contributed by atoms with van der Waals surface area (Å²) >= 11 is 0. The fraction of sp³-hybridized carbons (Fsp3) is 0.179. The lowest BCUT2D eigenvalue weighted by molar-refractivity contribution is 0.0320. The summed E-state index contributed by atoms with van der Waals surface area (Å²) in [5, 5.41) is 0.687. The second-order valence-electron chi connectivity index (χ2n) is 8.08. The summed E-state index contributed by atoms with van der Waals surface area (Å²) in [6.45, 7) is 5.50. The maximum Gasteiger partial charge on any atom is 0.339 e. The minimum absolute atomic E-state index is 0.242. The van der Waals surface area contributed by atoms with Crippen LogP contribution in [0.3, 0.4) is 0 Å². The number of aromatic nitrogens is 1. The third-order valence-corrected chi connectivity index (χ3v) is 5.56. The smallest absolute Gasteiger partial charge is 0.339 e. The highest BCUT2D eigenvalue weighted by atomic mass is 16.5. The minimum Gasteiger partial charge on any atom is -0.497 e. The molecule has 0 unspecified atom stereocenters. The number of benzene rings is 3. The van der Waals surface area contributed by atoms with E-state index in [0.29, 0.717) is 27.7 Å². The molecule has 4 aromatic rings. The fourth-order valence-corrected chi connectivity index (χ4v) is 3.65. The Morgan fingerprint density at radius 2 is 1.52 bits per heavy atom. The van der Waals surface area contributed by atoms with Crippen molar-refractivity contribution in [2.45, 2.75) is 26.9 Å². The van der Waals surface area contributed by atoms with Crippen LogP contribution in [0.1, 0.15) is 38.8 Å². The van der Waals surface area contributed by atoms with Crippen molar-refractivity contribution < 1.29 is 19.1 Å². The Hall–Kier alpha value is -3.99. The van der Waals surface area contributed by atoms with Crippen molar-refractivity contribution in [1.82, 2.24) is 4.98 Å². The van der Waals surface area contributed by atoms with Crippen molar-refractivity contribution in [2.24, 2.45) is 0 Å². The average Bonchev–Trinajstić information content (AvgIpc) is 2.83. The van der Waals surface area contributed by atoms with Gasteiger partial charge in [0.1, 0.15) is 5.75 Å². The largest absolute Gasteiger partial charge is 0.497 e. The zero-order valence-corrected chi connectivity index (χ0v) is 19.1. The van der Waals surface area contributed by atoms with Crippen LogP contribution in [0.15, 0.2) is 72.8 Å². The first-order valence-corrected chi connectivity index (χ1v) is 10.7. The van der Waals surface area contributed by atoms with Gasteiger partial charge in [0.25, 0.3) is 0 Å². The number of ketones is 1. The van der Waals surface area contributed by atoms with Crippen LogP contribution in [-0.2, 0) is 4.74 Å². The number of aryl methyl sites for hydroxylation is 2. The summed E-state index contributed by atoms with van der Waals surface area (Å²) in [6.07, 6.45) is -0.919. The molecular weight excluding hydrogens is 414 g/mol. The average molecular weight is 440 g/mol. The van der Waals surface area contributed by atoms with Gasteiger partial charge in [-0.15, -0.1) is 0 Å². The van der Waals surface area contributed by atoms with Crippen LogP contribution in [-0.4, -0.2) is 30.0 Å². The molecule has 1 aromatic heterocycles. The predicted molar refractivity (Wildman–Crippen MR) is 129 cm³/mol. The molecule has 5 nitrogen and oxygen atoms in total. The molecule has 1 atom stereocenters. The molecule has 3 aromatic carbocycles. The summed E-state index contributed by atoms with van der Waals surface area (Å²) in [6, 6.07) is 22.1. The normalized spacial score (nSPS) is 11.8. The van der Waals surface area contributed by atoms with E-state index in [-0.39, 0.29) is 5.78 Å². The van der Waals surface area contributed by atoms with Gasteiger partial charge < -0.3 is 9.47 Å². The van der Waals surface area contributed by atoms with E-state index in [0.717, 1.165) is 22.4 Å². The van der Waals surface area contributed by atoms with Crippen LogP contribution < -0.4 is 4.74 Å². The Balaban J connectivity index is 1.69. The number of hydrogen-bond donors (Lipinski definition) is 0. The van der Waals surface area contributed by atoms with Gasteiger partial charge in [-0.1, -0.05) is 41.5 Å². The van der Waals surface area contributed by atoms with Gasteiger partial charge in [0.15, 0.2) is 6.10 Å². The molecule has 0 N–H and O–H groups in total. The summed E-state index contributed by atoms with van der Waals surface area (Å²) in [4.78, 5) is 30.8. The lowest BCUT2D eigenvalue weighted by atomic mass is 10.0. The second kappa shape index (κ2) is 9.25. The zero-order chi connectivity index (χ0) is 23.5. The molecule has 0 aliphatic heterocycles. The van der Waals surface area contributed by atoms with Crippen molar-refractivity contribution in [3.05, 3.63) is 95.1 Å². The molecule has 0 saturated carbocycles. The topological polar surface area (TPSA) is 65.5 Å². The van der Waals surface area contributed by atoms with Crippen LogP contribution in [0, 0.1) is 13.8 Å². The van der Waals surface area contributed by atoms with Gasteiger partial charge in [-0.3, -0.25) is 4.79 Å². The van der Waals surface area contributed by atoms with E-state index >= 15 is 0 Å². The van der Waals surface area contributed by atoms with Crippen LogP contribution >= 0.6 is 0 Å². The number of esters is 1. The Morgan fingerprint density at radius 3 is 2.18 bits per heavy atom. The number of hydrogen-bond acceptors (Lipinski definition) is 5. The lowest BCUT2D eigenvalue weighted by Crippen LogP contribution is -2.24. The van der Waals surface area contributed by atoms with E-state index in [1.165, 1.54) is 0 Å². The van der Waals surface area contributed by atoms with E-state index < -0.39 is 12.1 Å².